The van der Waals surface area contributed by atoms with Crippen molar-refractivity contribution in [3.05, 3.63) is 15.6 Å². The number of aromatic nitrogens is 1. The summed E-state index contributed by atoms with van der Waals surface area (Å²) in [6, 6.07) is -0.206. The van der Waals surface area contributed by atoms with E-state index in [-0.39, 0.29) is 29.6 Å². The van der Waals surface area contributed by atoms with Gasteiger partial charge in [0.05, 0.1) is 18.3 Å². The normalized spacial score (nSPS) is 21.8. The average Bonchev–Trinajstić information content (AvgIpc) is 2.81. The van der Waals surface area contributed by atoms with Crippen LogP contribution in [0.2, 0.25) is 0 Å². The van der Waals surface area contributed by atoms with Crippen LogP contribution >= 0.6 is 11.3 Å². The molecule has 116 valence electrons. The molecule has 1 fully saturated rings. The Morgan fingerprint density at radius 1 is 1.33 bits per heavy atom. The fraction of sp³-hybridized carbons (Fsp3) is 0.615. The molecular formula is C13H19N3O4S. The highest BCUT2D eigenvalue weighted by Gasteiger charge is 2.21. The maximum Gasteiger partial charge on any atom is 0.347 e. The lowest BCUT2D eigenvalue weighted by molar-refractivity contribution is 0.0701. The van der Waals surface area contributed by atoms with Gasteiger partial charge in [0.25, 0.3) is 0 Å². The number of aromatic carboxylic acids is 1. The first-order valence-electron chi connectivity index (χ1n) is 6.87. The van der Waals surface area contributed by atoms with Crippen molar-refractivity contribution in [3.63, 3.8) is 0 Å². The highest BCUT2D eigenvalue weighted by atomic mass is 32.1. The molecule has 0 aliphatic heterocycles. The number of urea groups is 1. The second-order valence-electron chi connectivity index (χ2n) is 5.16. The van der Waals surface area contributed by atoms with E-state index in [1.54, 1.807) is 6.92 Å². The minimum Gasteiger partial charge on any atom is -0.477 e. The third kappa shape index (κ3) is 4.40. The number of hydrogen-bond donors (Lipinski definition) is 4. The Kier molecular flexibility index (Phi) is 5.13. The number of carboxylic acid groups (broad SMARTS) is 1. The number of carbonyl (C=O) groups is 2. The number of aliphatic hydroxyl groups excluding tert-OH is 1. The van der Waals surface area contributed by atoms with Crippen molar-refractivity contribution in [3.8, 4) is 0 Å². The van der Waals surface area contributed by atoms with Gasteiger partial charge in [-0.1, -0.05) is 0 Å². The summed E-state index contributed by atoms with van der Waals surface area (Å²) in [5.41, 5.74) is 0.464. The summed E-state index contributed by atoms with van der Waals surface area (Å²) < 4.78 is 0. The molecule has 0 spiro atoms. The molecule has 1 aromatic rings. The Hall–Kier alpha value is -1.67. The summed E-state index contributed by atoms with van der Waals surface area (Å²) in [6.45, 7) is 1.84. The number of rotatable bonds is 4. The van der Waals surface area contributed by atoms with Gasteiger partial charge in [0, 0.05) is 6.04 Å². The third-order valence-electron chi connectivity index (χ3n) is 3.47. The smallest absolute Gasteiger partial charge is 0.347 e. The summed E-state index contributed by atoms with van der Waals surface area (Å²) in [5, 5.41) is 24.4. The third-order valence-corrected chi connectivity index (χ3v) is 4.61. The molecule has 1 aliphatic rings. The summed E-state index contributed by atoms with van der Waals surface area (Å²) >= 11 is 1.07. The number of nitrogens with one attached hydrogen (secondary N) is 2. The molecule has 0 unspecified atom stereocenters. The van der Waals surface area contributed by atoms with Crippen molar-refractivity contribution < 1.29 is 19.8 Å². The van der Waals surface area contributed by atoms with E-state index in [2.05, 4.69) is 15.6 Å². The van der Waals surface area contributed by atoms with E-state index in [4.69, 9.17) is 5.11 Å². The van der Waals surface area contributed by atoms with Crippen LogP contribution in [0.5, 0.6) is 0 Å². The van der Waals surface area contributed by atoms with Gasteiger partial charge < -0.3 is 20.8 Å². The van der Waals surface area contributed by atoms with Crippen molar-refractivity contribution >= 4 is 23.3 Å². The second-order valence-corrected chi connectivity index (χ2v) is 6.24. The molecule has 4 N–H and O–H groups in total. The molecule has 1 saturated carbocycles. The van der Waals surface area contributed by atoms with Crippen molar-refractivity contribution in [2.24, 2.45) is 0 Å². The number of nitrogens with zero attached hydrogens (tertiary/aromatic N) is 1. The minimum atomic E-state index is -0.999. The quantitative estimate of drug-likeness (QED) is 0.668. The summed E-state index contributed by atoms with van der Waals surface area (Å²) in [6.07, 6.45) is 2.71. The van der Waals surface area contributed by atoms with Crippen LogP contribution in [0.4, 0.5) is 4.79 Å². The van der Waals surface area contributed by atoms with E-state index in [0.717, 1.165) is 24.2 Å². The molecule has 2 rings (SSSR count). The van der Waals surface area contributed by atoms with Gasteiger partial charge >= 0.3 is 12.0 Å². The zero-order valence-electron chi connectivity index (χ0n) is 11.8. The van der Waals surface area contributed by atoms with Crippen LogP contribution < -0.4 is 10.6 Å². The minimum absolute atomic E-state index is 0.0843. The number of thiazole rings is 1. The summed E-state index contributed by atoms with van der Waals surface area (Å²) in [4.78, 5) is 27.0. The van der Waals surface area contributed by atoms with Gasteiger partial charge in [-0.25, -0.2) is 14.6 Å². The lowest BCUT2D eigenvalue weighted by Gasteiger charge is -2.26. The van der Waals surface area contributed by atoms with E-state index >= 15 is 0 Å². The van der Waals surface area contributed by atoms with E-state index < -0.39 is 5.97 Å². The van der Waals surface area contributed by atoms with Gasteiger partial charge in [-0.05, 0) is 32.6 Å². The van der Waals surface area contributed by atoms with E-state index in [1.165, 1.54) is 0 Å². The Labute approximate surface area is 126 Å². The van der Waals surface area contributed by atoms with Gasteiger partial charge in [-0.3, -0.25) is 0 Å². The zero-order chi connectivity index (χ0) is 15.4. The molecule has 0 atom stereocenters. The molecule has 1 heterocycles. The Bertz CT molecular complexity index is 523. The number of aliphatic hydroxyl groups is 1. The van der Waals surface area contributed by atoms with Crippen molar-refractivity contribution in [2.45, 2.75) is 51.3 Å². The van der Waals surface area contributed by atoms with Gasteiger partial charge in [-0.15, -0.1) is 11.3 Å². The maximum absolute atomic E-state index is 11.8. The van der Waals surface area contributed by atoms with Crippen molar-refractivity contribution in [1.82, 2.24) is 15.6 Å². The Morgan fingerprint density at radius 2 is 2.00 bits per heavy atom. The molecule has 0 bridgehead atoms. The fourth-order valence-corrected chi connectivity index (χ4v) is 3.18. The fourth-order valence-electron chi connectivity index (χ4n) is 2.34. The van der Waals surface area contributed by atoms with Crippen LogP contribution in [0, 0.1) is 6.92 Å². The predicted molar refractivity (Wildman–Crippen MR) is 77.4 cm³/mol. The lowest BCUT2D eigenvalue weighted by Crippen LogP contribution is -2.43. The predicted octanol–water partition coefficient (Wildman–Crippen LogP) is 1.25. The van der Waals surface area contributed by atoms with Crippen LogP contribution in [0.25, 0.3) is 0 Å². The summed E-state index contributed by atoms with van der Waals surface area (Å²) in [5.74, 6) is -0.999. The molecule has 0 radical (unpaired) electrons. The SMILES string of the molecule is Cc1nc(CNC(=O)NC2CCC(O)CC2)sc1C(=O)O. The first-order valence-corrected chi connectivity index (χ1v) is 7.69. The highest BCUT2D eigenvalue weighted by molar-refractivity contribution is 7.13. The van der Waals surface area contributed by atoms with Crippen LogP contribution in [-0.4, -0.2) is 39.3 Å². The highest BCUT2D eigenvalue weighted by Crippen LogP contribution is 2.19. The van der Waals surface area contributed by atoms with Crippen molar-refractivity contribution in [1.29, 1.82) is 0 Å². The van der Waals surface area contributed by atoms with Crippen LogP contribution in [0.1, 0.15) is 46.1 Å². The van der Waals surface area contributed by atoms with Crippen LogP contribution in [-0.2, 0) is 6.54 Å². The van der Waals surface area contributed by atoms with E-state index in [1.807, 2.05) is 0 Å². The zero-order valence-corrected chi connectivity index (χ0v) is 12.6. The van der Waals surface area contributed by atoms with Gasteiger partial charge in [-0.2, -0.15) is 0 Å². The molecule has 1 aromatic heterocycles. The Balaban J connectivity index is 1.78. The average molecular weight is 313 g/mol. The van der Waals surface area contributed by atoms with E-state index in [9.17, 15) is 14.7 Å². The van der Waals surface area contributed by atoms with Crippen LogP contribution in [0.15, 0.2) is 0 Å². The second kappa shape index (κ2) is 6.86. The number of carboxylic acids is 1. The molecular weight excluding hydrogens is 294 g/mol. The van der Waals surface area contributed by atoms with Crippen molar-refractivity contribution in [2.75, 3.05) is 0 Å². The lowest BCUT2D eigenvalue weighted by atomic mass is 9.93. The molecule has 2 amide bonds. The van der Waals surface area contributed by atoms with Crippen LogP contribution in [0.3, 0.4) is 0 Å². The molecule has 1 aliphatic carbocycles. The van der Waals surface area contributed by atoms with Gasteiger partial charge in [0.1, 0.15) is 9.88 Å². The number of amides is 2. The molecule has 8 heteroatoms. The monoisotopic (exact) mass is 313 g/mol. The molecule has 0 aromatic carbocycles. The molecule has 21 heavy (non-hydrogen) atoms. The molecule has 0 saturated heterocycles. The first kappa shape index (κ1) is 15.7. The van der Waals surface area contributed by atoms with Gasteiger partial charge in [0.15, 0.2) is 0 Å². The largest absolute Gasteiger partial charge is 0.477 e. The standard InChI is InChI=1S/C13H19N3O4S/c1-7-11(12(18)19)21-10(15-7)6-14-13(20)16-8-2-4-9(17)5-3-8/h8-9,17H,2-6H2,1H3,(H,18,19)(H2,14,16,20). The first-order chi connectivity index (χ1) is 9.95. The maximum atomic E-state index is 11.8. The Morgan fingerprint density at radius 3 is 2.57 bits per heavy atom. The topological polar surface area (TPSA) is 112 Å². The molecule has 7 nitrogen and oxygen atoms in total. The number of hydrogen-bond acceptors (Lipinski definition) is 5. The van der Waals surface area contributed by atoms with E-state index in [0.29, 0.717) is 23.5 Å². The summed E-state index contributed by atoms with van der Waals surface area (Å²) in [7, 11) is 0. The van der Waals surface area contributed by atoms with Gasteiger partial charge in [0.2, 0.25) is 0 Å². The number of aryl methyl sites for hydroxylation is 1. The number of carbonyl (C=O) groups excluding carboxylic acids is 1.